The van der Waals surface area contributed by atoms with Crippen LogP contribution in [0.3, 0.4) is 0 Å². The predicted molar refractivity (Wildman–Crippen MR) is 62.9 cm³/mol. The number of nitrogens with one attached hydrogen (secondary N) is 1. The molecule has 0 aliphatic heterocycles. The molecule has 0 spiro atoms. The van der Waals surface area contributed by atoms with Gasteiger partial charge < -0.3 is 5.32 Å². The minimum atomic E-state index is -0.994. The zero-order valence-electron chi connectivity index (χ0n) is 9.70. The van der Waals surface area contributed by atoms with E-state index < -0.39 is 17.6 Å². The van der Waals surface area contributed by atoms with Crippen LogP contribution in [-0.4, -0.2) is 17.7 Å². The summed E-state index contributed by atoms with van der Waals surface area (Å²) in [6.07, 6.45) is 0.465. The van der Waals surface area contributed by atoms with E-state index in [9.17, 15) is 18.9 Å². The molecule has 1 aromatic carbocycles. The zero-order chi connectivity index (χ0) is 13.3. The molecular weight excluding hydrogens is 239 g/mol. The molecule has 1 aromatic rings. The molecule has 94 valence electrons. The normalized spacial score (nSPS) is 18.1. The van der Waals surface area contributed by atoms with E-state index >= 15 is 0 Å². The first-order valence-electron chi connectivity index (χ1n) is 5.50. The van der Waals surface area contributed by atoms with Crippen molar-refractivity contribution in [1.29, 1.82) is 0 Å². The number of hydrogen-bond acceptors (Lipinski definition) is 4. The lowest BCUT2D eigenvalue weighted by molar-refractivity contribution is -0.114. The van der Waals surface area contributed by atoms with Crippen molar-refractivity contribution in [2.24, 2.45) is 5.18 Å². The number of Topliss-reactive ketones (excluding diaryl/α,β-unsaturated/α-hetero) is 1. The Kier molecular flexibility index (Phi) is 3.18. The van der Waals surface area contributed by atoms with Gasteiger partial charge in [0, 0.05) is 18.1 Å². The van der Waals surface area contributed by atoms with Crippen molar-refractivity contribution in [3.63, 3.8) is 0 Å². The summed E-state index contributed by atoms with van der Waals surface area (Å²) in [6, 6.07) is 1.53. The molecule has 2 rings (SSSR count). The third-order valence-corrected chi connectivity index (χ3v) is 2.91. The van der Waals surface area contributed by atoms with E-state index in [1.807, 2.05) is 0 Å². The molecule has 5 nitrogen and oxygen atoms in total. The quantitative estimate of drug-likeness (QED) is 0.816. The van der Waals surface area contributed by atoms with Gasteiger partial charge in [0.05, 0.1) is 5.69 Å². The van der Waals surface area contributed by atoms with Crippen LogP contribution in [0, 0.1) is 10.7 Å². The van der Waals surface area contributed by atoms with E-state index in [1.54, 1.807) is 0 Å². The molecule has 0 bridgehead atoms. The van der Waals surface area contributed by atoms with Gasteiger partial charge in [0.25, 0.3) is 0 Å². The lowest BCUT2D eigenvalue weighted by Crippen LogP contribution is -2.28. The van der Waals surface area contributed by atoms with Crippen LogP contribution >= 0.6 is 0 Å². The summed E-state index contributed by atoms with van der Waals surface area (Å²) < 4.78 is 13.6. The number of benzene rings is 1. The molecule has 0 radical (unpaired) electrons. The first-order valence-corrected chi connectivity index (χ1v) is 5.50. The predicted octanol–water partition coefficient (Wildman–Crippen LogP) is 2.05. The fourth-order valence-electron chi connectivity index (χ4n) is 2.12. The maximum absolute atomic E-state index is 13.6. The third kappa shape index (κ3) is 2.01. The number of rotatable bonds is 2. The molecule has 0 saturated carbocycles. The van der Waals surface area contributed by atoms with Crippen LogP contribution in [0.1, 0.15) is 29.3 Å². The van der Waals surface area contributed by atoms with E-state index in [0.717, 1.165) is 0 Å². The molecule has 6 heteroatoms. The van der Waals surface area contributed by atoms with Crippen molar-refractivity contribution >= 4 is 17.4 Å². The molecule has 1 atom stereocenters. The number of hydrogen-bond donors (Lipinski definition) is 1. The number of nitroso groups, excluding NO2 is 1. The highest BCUT2D eigenvalue weighted by molar-refractivity contribution is 6.09. The third-order valence-electron chi connectivity index (χ3n) is 2.91. The Morgan fingerprint density at radius 3 is 2.83 bits per heavy atom. The van der Waals surface area contributed by atoms with Crippen molar-refractivity contribution in [2.45, 2.75) is 25.8 Å². The fraction of sp³-hybridized carbons (Fsp3) is 0.333. The topological polar surface area (TPSA) is 75.6 Å². The lowest BCUT2D eigenvalue weighted by Gasteiger charge is -2.21. The highest BCUT2D eigenvalue weighted by atomic mass is 19.1. The van der Waals surface area contributed by atoms with Gasteiger partial charge in [-0.1, -0.05) is 5.18 Å². The Morgan fingerprint density at radius 1 is 1.50 bits per heavy atom. The molecule has 0 aromatic heterocycles. The van der Waals surface area contributed by atoms with E-state index in [1.165, 1.54) is 19.1 Å². The second-order valence-electron chi connectivity index (χ2n) is 4.15. The molecule has 1 aliphatic rings. The average Bonchev–Trinajstić information content (AvgIpc) is 2.32. The lowest BCUT2D eigenvalue weighted by atomic mass is 9.86. The highest BCUT2D eigenvalue weighted by Gasteiger charge is 2.32. The summed E-state index contributed by atoms with van der Waals surface area (Å²) in [5, 5.41) is 5.21. The minimum absolute atomic E-state index is 0.0704. The summed E-state index contributed by atoms with van der Waals surface area (Å²) in [5.74, 6) is -1.40. The van der Waals surface area contributed by atoms with Gasteiger partial charge in [-0.2, -0.15) is 4.91 Å². The van der Waals surface area contributed by atoms with Crippen LogP contribution < -0.4 is 5.32 Å². The van der Waals surface area contributed by atoms with Gasteiger partial charge in [0.2, 0.25) is 5.91 Å². The zero-order valence-corrected chi connectivity index (χ0v) is 9.70. The van der Waals surface area contributed by atoms with E-state index in [-0.39, 0.29) is 35.6 Å². The number of ketones is 1. The maximum atomic E-state index is 13.6. The minimum Gasteiger partial charge on any atom is -0.326 e. The molecule has 1 N–H and O–H groups in total. The summed E-state index contributed by atoms with van der Waals surface area (Å²) in [4.78, 5) is 33.6. The molecular formula is C12H11FN2O3. The Morgan fingerprint density at radius 2 is 2.22 bits per heavy atom. The van der Waals surface area contributed by atoms with Crippen LogP contribution in [0.4, 0.5) is 10.1 Å². The molecule has 0 fully saturated rings. The van der Waals surface area contributed by atoms with Crippen LogP contribution in [0.2, 0.25) is 0 Å². The van der Waals surface area contributed by atoms with Crippen molar-refractivity contribution in [1.82, 2.24) is 0 Å². The molecule has 0 saturated heterocycles. The molecule has 1 aliphatic carbocycles. The van der Waals surface area contributed by atoms with Gasteiger partial charge in [-0.3, -0.25) is 9.59 Å². The summed E-state index contributed by atoms with van der Waals surface area (Å²) in [5.41, 5.74) is 0.546. The molecule has 18 heavy (non-hydrogen) atoms. The van der Waals surface area contributed by atoms with Gasteiger partial charge in [0.1, 0.15) is 5.82 Å². The Balaban J connectivity index is 2.56. The van der Waals surface area contributed by atoms with Crippen molar-refractivity contribution in [2.75, 3.05) is 5.32 Å². The largest absolute Gasteiger partial charge is 0.326 e. The molecule has 0 heterocycles. The number of amides is 1. The van der Waals surface area contributed by atoms with E-state index in [4.69, 9.17) is 0 Å². The Hall–Kier alpha value is -2.11. The van der Waals surface area contributed by atoms with Gasteiger partial charge in [-0.05, 0) is 25.0 Å². The van der Waals surface area contributed by atoms with Crippen molar-refractivity contribution < 1.29 is 14.0 Å². The van der Waals surface area contributed by atoms with Gasteiger partial charge in [0.15, 0.2) is 11.8 Å². The first-order chi connectivity index (χ1) is 8.54. The van der Waals surface area contributed by atoms with Crippen molar-refractivity contribution in [3.05, 3.63) is 34.0 Å². The fourth-order valence-corrected chi connectivity index (χ4v) is 2.12. The van der Waals surface area contributed by atoms with Crippen LogP contribution in [-0.2, 0) is 11.2 Å². The smallest absolute Gasteiger partial charge is 0.221 e. The number of nitrogens with zero attached hydrogens (tertiary/aromatic N) is 1. The second-order valence-corrected chi connectivity index (χ2v) is 4.15. The van der Waals surface area contributed by atoms with E-state index in [0.29, 0.717) is 0 Å². The summed E-state index contributed by atoms with van der Waals surface area (Å²) in [7, 11) is 0. The van der Waals surface area contributed by atoms with Crippen LogP contribution in [0.25, 0.3) is 0 Å². The molecule has 1 amide bonds. The maximum Gasteiger partial charge on any atom is 0.221 e. The van der Waals surface area contributed by atoms with Gasteiger partial charge in [-0.15, -0.1) is 0 Å². The van der Waals surface area contributed by atoms with Crippen LogP contribution in [0.5, 0.6) is 0 Å². The van der Waals surface area contributed by atoms with Crippen molar-refractivity contribution in [3.8, 4) is 0 Å². The Labute approximate surface area is 102 Å². The first kappa shape index (κ1) is 12.3. The van der Waals surface area contributed by atoms with Gasteiger partial charge >= 0.3 is 0 Å². The standard InChI is InChI=1S/C12H11FN2O3/c1-6(16)14-9-5-3-8(13)7-2-4-10(15-18)12(17)11(7)9/h3,5,10H,2,4H2,1H3,(H,14,16). The SMILES string of the molecule is CC(=O)Nc1ccc(F)c2c1C(=O)C(N=O)CC2. The van der Waals surface area contributed by atoms with Crippen LogP contribution in [0.15, 0.2) is 17.3 Å². The second kappa shape index (κ2) is 4.64. The monoisotopic (exact) mass is 250 g/mol. The number of halogens is 1. The summed E-state index contributed by atoms with van der Waals surface area (Å²) >= 11 is 0. The Bertz CT molecular complexity index is 542. The highest BCUT2D eigenvalue weighted by Crippen LogP contribution is 2.31. The number of fused-ring (bicyclic) bond motifs is 1. The average molecular weight is 250 g/mol. The number of anilines is 1. The van der Waals surface area contributed by atoms with E-state index in [2.05, 4.69) is 10.5 Å². The number of carbonyl (C=O) groups excluding carboxylic acids is 2. The summed E-state index contributed by atoms with van der Waals surface area (Å²) in [6.45, 7) is 1.29. The molecule has 1 unspecified atom stereocenters. The number of carbonyl (C=O) groups is 2. The van der Waals surface area contributed by atoms with Gasteiger partial charge in [-0.25, -0.2) is 4.39 Å².